The highest BCUT2D eigenvalue weighted by Gasteiger charge is 2.13. The summed E-state index contributed by atoms with van der Waals surface area (Å²) >= 11 is 1.59. The quantitative estimate of drug-likeness (QED) is 0.681. The van der Waals surface area contributed by atoms with Crippen molar-refractivity contribution < 1.29 is 4.92 Å². The first-order valence-corrected chi connectivity index (χ1v) is 6.79. The van der Waals surface area contributed by atoms with E-state index < -0.39 is 0 Å². The van der Waals surface area contributed by atoms with Crippen LogP contribution in [0.15, 0.2) is 23.6 Å². The minimum atomic E-state index is -0.386. The monoisotopic (exact) mass is 277 g/mol. The van der Waals surface area contributed by atoms with Crippen LogP contribution >= 0.6 is 11.3 Å². The number of hydrogen-bond acceptors (Lipinski definition) is 5. The number of nitrogens with one attached hydrogen (secondary N) is 1. The minimum Gasteiger partial charge on any atom is -0.376 e. The number of aryl methyl sites for hydroxylation is 2. The van der Waals surface area contributed by atoms with Crippen LogP contribution in [0.5, 0.6) is 0 Å². The zero-order valence-electron chi connectivity index (χ0n) is 11.0. The molecule has 0 aliphatic rings. The third kappa shape index (κ3) is 3.08. The highest BCUT2D eigenvalue weighted by Crippen LogP contribution is 2.27. The predicted octanol–water partition coefficient (Wildman–Crippen LogP) is 3.84. The van der Waals surface area contributed by atoms with E-state index in [1.54, 1.807) is 23.5 Å². The third-order valence-electron chi connectivity index (χ3n) is 2.81. The van der Waals surface area contributed by atoms with Gasteiger partial charge in [-0.1, -0.05) is 6.07 Å². The van der Waals surface area contributed by atoms with E-state index in [4.69, 9.17) is 0 Å². The van der Waals surface area contributed by atoms with Crippen molar-refractivity contribution >= 4 is 22.7 Å². The van der Waals surface area contributed by atoms with Crippen LogP contribution in [-0.2, 0) is 0 Å². The second-order valence-corrected chi connectivity index (χ2v) is 5.34. The second-order valence-electron chi connectivity index (χ2n) is 4.45. The van der Waals surface area contributed by atoms with Crippen molar-refractivity contribution in [3.63, 3.8) is 0 Å². The van der Waals surface area contributed by atoms with Crippen LogP contribution in [0.25, 0.3) is 0 Å². The Kier molecular flexibility index (Phi) is 3.80. The molecule has 2 rings (SSSR count). The first-order valence-electron chi connectivity index (χ1n) is 5.91. The molecular formula is C13H15N3O2S. The van der Waals surface area contributed by atoms with Crippen molar-refractivity contribution in [3.05, 3.63) is 50.0 Å². The van der Waals surface area contributed by atoms with E-state index in [-0.39, 0.29) is 16.7 Å². The third-order valence-corrected chi connectivity index (χ3v) is 3.96. The summed E-state index contributed by atoms with van der Waals surface area (Å²) in [5.41, 5.74) is 2.83. The molecule has 1 atom stereocenters. The summed E-state index contributed by atoms with van der Waals surface area (Å²) in [6.45, 7) is 5.87. The maximum Gasteiger partial charge on any atom is 0.271 e. The van der Waals surface area contributed by atoms with Crippen LogP contribution in [0.2, 0.25) is 0 Å². The van der Waals surface area contributed by atoms with Crippen molar-refractivity contribution in [1.29, 1.82) is 0 Å². The van der Waals surface area contributed by atoms with Crippen LogP contribution in [0, 0.1) is 24.0 Å². The van der Waals surface area contributed by atoms with Crippen LogP contribution in [-0.4, -0.2) is 9.91 Å². The zero-order chi connectivity index (χ0) is 14.0. The molecule has 0 amide bonds. The molecule has 1 aromatic carbocycles. The minimum absolute atomic E-state index is 0.0272. The number of nitrogens with zero attached hydrogens (tertiary/aromatic N) is 2. The molecule has 0 spiro atoms. The molecule has 0 saturated heterocycles. The number of thiazole rings is 1. The molecule has 1 N–H and O–H groups in total. The Hall–Kier alpha value is -1.95. The molecule has 0 bridgehead atoms. The van der Waals surface area contributed by atoms with Gasteiger partial charge < -0.3 is 5.32 Å². The van der Waals surface area contributed by atoms with Gasteiger partial charge in [0.25, 0.3) is 5.69 Å². The van der Waals surface area contributed by atoms with Crippen molar-refractivity contribution in [3.8, 4) is 0 Å². The molecule has 5 nitrogen and oxygen atoms in total. The largest absolute Gasteiger partial charge is 0.376 e. The van der Waals surface area contributed by atoms with Gasteiger partial charge in [-0.2, -0.15) is 0 Å². The van der Waals surface area contributed by atoms with E-state index in [2.05, 4.69) is 10.3 Å². The van der Waals surface area contributed by atoms with E-state index in [1.807, 2.05) is 26.2 Å². The van der Waals surface area contributed by atoms with Crippen LogP contribution < -0.4 is 5.32 Å². The maximum atomic E-state index is 10.8. The molecule has 6 heteroatoms. The van der Waals surface area contributed by atoms with Gasteiger partial charge in [-0.15, -0.1) is 11.3 Å². The lowest BCUT2D eigenvalue weighted by Gasteiger charge is -2.14. The number of rotatable bonds is 4. The van der Waals surface area contributed by atoms with E-state index in [0.29, 0.717) is 0 Å². The average Bonchev–Trinajstić information content (AvgIpc) is 2.78. The molecule has 0 aliphatic heterocycles. The second kappa shape index (κ2) is 5.36. The first-order chi connectivity index (χ1) is 8.97. The SMILES string of the molecule is Cc1csc(C(C)Nc2cc([N+](=O)[O-])ccc2C)n1. The summed E-state index contributed by atoms with van der Waals surface area (Å²) in [6, 6.07) is 4.85. The molecule has 1 unspecified atom stereocenters. The van der Waals surface area contributed by atoms with E-state index >= 15 is 0 Å². The molecule has 0 aliphatic carbocycles. The fraction of sp³-hybridized carbons (Fsp3) is 0.308. The maximum absolute atomic E-state index is 10.8. The van der Waals surface area contributed by atoms with Gasteiger partial charge >= 0.3 is 0 Å². The Morgan fingerprint density at radius 2 is 2.16 bits per heavy atom. The predicted molar refractivity (Wildman–Crippen MR) is 76.7 cm³/mol. The number of benzene rings is 1. The topological polar surface area (TPSA) is 68.1 Å². The number of nitro groups is 1. The van der Waals surface area contributed by atoms with E-state index in [1.165, 1.54) is 6.07 Å². The van der Waals surface area contributed by atoms with Crippen molar-refractivity contribution in [2.24, 2.45) is 0 Å². The standard InChI is InChI=1S/C13H15N3O2S/c1-8-4-5-11(16(17)18)6-12(8)15-10(3)13-14-9(2)7-19-13/h4-7,10,15H,1-3H3. The van der Waals surface area contributed by atoms with Gasteiger partial charge in [0, 0.05) is 28.9 Å². The molecule has 100 valence electrons. The number of anilines is 1. The molecular weight excluding hydrogens is 262 g/mol. The fourth-order valence-electron chi connectivity index (χ4n) is 1.75. The summed E-state index contributed by atoms with van der Waals surface area (Å²) < 4.78 is 0. The summed E-state index contributed by atoms with van der Waals surface area (Å²) in [5.74, 6) is 0. The number of nitro benzene ring substituents is 1. The van der Waals surface area contributed by atoms with Gasteiger partial charge in [0.1, 0.15) is 5.01 Å². The van der Waals surface area contributed by atoms with E-state index in [9.17, 15) is 10.1 Å². The molecule has 2 aromatic rings. The van der Waals surface area contributed by atoms with Gasteiger partial charge in [-0.25, -0.2) is 4.98 Å². The molecule has 0 saturated carbocycles. The Morgan fingerprint density at radius 3 is 2.74 bits per heavy atom. The molecule has 0 fully saturated rings. The number of aromatic nitrogens is 1. The fourth-order valence-corrected chi connectivity index (χ4v) is 2.55. The van der Waals surface area contributed by atoms with Gasteiger partial charge in [0.05, 0.1) is 11.0 Å². The smallest absolute Gasteiger partial charge is 0.271 e. The van der Waals surface area contributed by atoms with Crippen LogP contribution in [0.3, 0.4) is 0 Å². The first kappa shape index (κ1) is 13.5. The van der Waals surface area contributed by atoms with E-state index in [0.717, 1.165) is 22.0 Å². The highest BCUT2D eigenvalue weighted by molar-refractivity contribution is 7.09. The van der Waals surface area contributed by atoms with Crippen LogP contribution in [0.4, 0.5) is 11.4 Å². The lowest BCUT2D eigenvalue weighted by atomic mass is 10.1. The molecule has 1 heterocycles. The van der Waals surface area contributed by atoms with Gasteiger partial charge in [0.2, 0.25) is 0 Å². The molecule has 0 radical (unpaired) electrons. The number of hydrogen-bond donors (Lipinski definition) is 1. The Balaban J connectivity index is 2.22. The van der Waals surface area contributed by atoms with Crippen molar-refractivity contribution in [1.82, 2.24) is 4.98 Å². The lowest BCUT2D eigenvalue weighted by Crippen LogP contribution is -2.07. The van der Waals surface area contributed by atoms with Gasteiger partial charge in [0.15, 0.2) is 0 Å². The summed E-state index contributed by atoms with van der Waals surface area (Å²) in [6.07, 6.45) is 0. The van der Waals surface area contributed by atoms with Crippen LogP contribution in [0.1, 0.15) is 29.2 Å². The Morgan fingerprint density at radius 1 is 1.42 bits per heavy atom. The molecule has 19 heavy (non-hydrogen) atoms. The summed E-state index contributed by atoms with van der Waals surface area (Å²) in [5, 5.41) is 17.0. The zero-order valence-corrected chi connectivity index (χ0v) is 11.8. The summed E-state index contributed by atoms with van der Waals surface area (Å²) in [4.78, 5) is 14.8. The average molecular weight is 277 g/mol. The summed E-state index contributed by atoms with van der Waals surface area (Å²) in [7, 11) is 0. The van der Waals surface area contributed by atoms with Gasteiger partial charge in [-0.05, 0) is 26.3 Å². The molecule has 1 aromatic heterocycles. The normalized spacial score (nSPS) is 12.2. The Bertz CT molecular complexity index is 610. The number of non-ortho nitro benzene ring substituents is 1. The highest BCUT2D eigenvalue weighted by atomic mass is 32.1. The van der Waals surface area contributed by atoms with Crippen molar-refractivity contribution in [2.75, 3.05) is 5.32 Å². The van der Waals surface area contributed by atoms with Gasteiger partial charge in [-0.3, -0.25) is 10.1 Å². The lowest BCUT2D eigenvalue weighted by molar-refractivity contribution is -0.384. The van der Waals surface area contributed by atoms with Crippen molar-refractivity contribution in [2.45, 2.75) is 26.8 Å². The Labute approximate surface area is 115 Å².